The number of unbranched alkanes of at least 4 members (excludes halogenated alkanes) is 2. The maximum absolute atomic E-state index is 8.31. The van der Waals surface area contributed by atoms with Crippen molar-refractivity contribution in [3.8, 4) is 11.8 Å². The molecule has 0 saturated carbocycles. The lowest BCUT2D eigenvalue weighted by Gasteiger charge is -2.06. The van der Waals surface area contributed by atoms with Gasteiger partial charge in [0.15, 0.2) is 11.6 Å². The molecular weight excluding hydrogens is 194 g/mol. The van der Waals surface area contributed by atoms with Crippen molar-refractivity contribution in [3.63, 3.8) is 0 Å². The predicted octanol–water partition coefficient (Wildman–Crippen LogP) is 0.714. The molecular formula is C9H13N5O. The fourth-order valence-corrected chi connectivity index (χ4v) is 0.998. The van der Waals surface area contributed by atoms with Crippen LogP contribution in [0.25, 0.3) is 0 Å². The summed E-state index contributed by atoms with van der Waals surface area (Å²) in [4.78, 5) is 7.52. The maximum atomic E-state index is 8.31. The van der Waals surface area contributed by atoms with Crippen LogP contribution >= 0.6 is 0 Å². The molecule has 0 spiro atoms. The van der Waals surface area contributed by atoms with Gasteiger partial charge in [-0.3, -0.25) is 0 Å². The Morgan fingerprint density at radius 1 is 1.40 bits per heavy atom. The lowest BCUT2D eigenvalue weighted by Crippen LogP contribution is -2.04. The third-order valence-electron chi connectivity index (χ3n) is 1.74. The van der Waals surface area contributed by atoms with Gasteiger partial charge in [-0.2, -0.15) is 10.2 Å². The van der Waals surface area contributed by atoms with Gasteiger partial charge in [0, 0.05) is 6.42 Å². The molecule has 4 N–H and O–H groups in total. The van der Waals surface area contributed by atoms with Gasteiger partial charge in [0.1, 0.15) is 0 Å². The zero-order valence-corrected chi connectivity index (χ0v) is 8.31. The first-order valence-electron chi connectivity index (χ1n) is 4.62. The van der Waals surface area contributed by atoms with Gasteiger partial charge in [-0.1, -0.05) is 0 Å². The molecule has 0 aliphatic carbocycles. The molecule has 0 aliphatic heterocycles. The van der Waals surface area contributed by atoms with Gasteiger partial charge in [0.2, 0.25) is 5.95 Å². The van der Waals surface area contributed by atoms with E-state index in [-0.39, 0.29) is 11.8 Å². The summed E-state index contributed by atoms with van der Waals surface area (Å²) in [6.45, 7) is 0.499. The quantitative estimate of drug-likeness (QED) is 0.688. The molecule has 0 atom stereocenters. The highest BCUT2D eigenvalue weighted by atomic mass is 16.5. The van der Waals surface area contributed by atoms with Crippen molar-refractivity contribution in [3.05, 3.63) is 6.20 Å². The molecule has 80 valence electrons. The van der Waals surface area contributed by atoms with Crippen molar-refractivity contribution in [1.29, 1.82) is 5.26 Å². The average Bonchev–Trinajstić information content (AvgIpc) is 2.20. The zero-order valence-electron chi connectivity index (χ0n) is 8.31. The molecule has 6 nitrogen and oxygen atoms in total. The summed E-state index contributed by atoms with van der Waals surface area (Å²) < 4.78 is 5.32. The predicted molar refractivity (Wildman–Crippen MR) is 55.8 cm³/mol. The first-order valence-corrected chi connectivity index (χ1v) is 4.62. The first kappa shape index (κ1) is 11.0. The SMILES string of the molecule is N#CCCCCOc1cnc(N)nc1N. The summed E-state index contributed by atoms with van der Waals surface area (Å²) >= 11 is 0. The van der Waals surface area contributed by atoms with E-state index in [1.54, 1.807) is 0 Å². The number of nitrogens with zero attached hydrogens (tertiary/aromatic N) is 3. The van der Waals surface area contributed by atoms with Gasteiger partial charge in [-0.15, -0.1) is 0 Å². The monoisotopic (exact) mass is 207 g/mol. The molecule has 0 radical (unpaired) electrons. The first-order chi connectivity index (χ1) is 7.24. The van der Waals surface area contributed by atoms with Crippen molar-refractivity contribution in [2.24, 2.45) is 0 Å². The summed E-state index contributed by atoms with van der Waals surface area (Å²) in [5.41, 5.74) is 10.9. The lowest BCUT2D eigenvalue weighted by molar-refractivity contribution is 0.307. The number of hydrogen-bond acceptors (Lipinski definition) is 6. The molecule has 0 bridgehead atoms. The highest BCUT2D eigenvalue weighted by Gasteiger charge is 2.02. The van der Waals surface area contributed by atoms with Gasteiger partial charge in [0.05, 0.1) is 18.9 Å². The van der Waals surface area contributed by atoms with Crippen molar-refractivity contribution < 1.29 is 4.74 Å². The van der Waals surface area contributed by atoms with E-state index < -0.39 is 0 Å². The van der Waals surface area contributed by atoms with Crippen LogP contribution in [0.4, 0.5) is 11.8 Å². The summed E-state index contributed by atoms with van der Waals surface area (Å²) in [7, 11) is 0. The lowest BCUT2D eigenvalue weighted by atomic mass is 10.3. The highest BCUT2D eigenvalue weighted by molar-refractivity contribution is 5.46. The largest absolute Gasteiger partial charge is 0.488 e. The van der Waals surface area contributed by atoms with Gasteiger partial charge < -0.3 is 16.2 Å². The zero-order chi connectivity index (χ0) is 11.1. The van der Waals surface area contributed by atoms with E-state index in [0.717, 1.165) is 12.8 Å². The Kier molecular flexibility index (Phi) is 4.16. The van der Waals surface area contributed by atoms with Crippen molar-refractivity contribution >= 4 is 11.8 Å². The standard InChI is InChI=1S/C9H13N5O/c10-4-2-1-3-5-15-7-6-13-9(12)14-8(7)11/h6H,1-3,5H2,(H4,11,12,13,14). The van der Waals surface area contributed by atoms with E-state index in [0.29, 0.717) is 18.8 Å². The fraction of sp³-hybridized carbons (Fsp3) is 0.444. The Labute approximate surface area is 87.9 Å². The Morgan fingerprint density at radius 3 is 2.87 bits per heavy atom. The Morgan fingerprint density at radius 2 is 2.20 bits per heavy atom. The molecule has 1 heterocycles. The summed E-state index contributed by atoms with van der Waals surface area (Å²) in [6, 6.07) is 2.06. The summed E-state index contributed by atoms with van der Waals surface area (Å²) in [5.74, 6) is 0.799. The second-order valence-corrected chi connectivity index (χ2v) is 2.94. The molecule has 6 heteroatoms. The highest BCUT2D eigenvalue weighted by Crippen LogP contribution is 2.17. The number of rotatable bonds is 5. The van der Waals surface area contributed by atoms with E-state index in [2.05, 4.69) is 16.0 Å². The molecule has 0 aromatic carbocycles. The van der Waals surface area contributed by atoms with Crippen LogP contribution < -0.4 is 16.2 Å². The summed E-state index contributed by atoms with van der Waals surface area (Å²) in [5, 5.41) is 8.31. The van der Waals surface area contributed by atoms with Crippen LogP contribution in [0.15, 0.2) is 6.20 Å². The average molecular weight is 207 g/mol. The molecule has 1 aromatic rings. The van der Waals surface area contributed by atoms with Crippen LogP contribution in [-0.4, -0.2) is 16.6 Å². The molecule has 0 amide bonds. The van der Waals surface area contributed by atoms with Crippen LogP contribution in [0.1, 0.15) is 19.3 Å². The second-order valence-electron chi connectivity index (χ2n) is 2.94. The van der Waals surface area contributed by atoms with E-state index in [1.807, 2.05) is 0 Å². The Bertz CT molecular complexity index is 360. The Balaban J connectivity index is 2.35. The molecule has 0 saturated heterocycles. The normalized spacial score (nSPS) is 9.53. The summed E-state index contributed by atoms with van der Waals surface area (Å²) in [6.07, 6.45) is 3.60. The molecule has 15 heavy (non-hydrogen) atoms. The minimum Gasteiger partial charge on any atom is -0.488 e. The van der Waals surface area contributed by atoms with Gasteiger partial charge in [-0.05, 0) is 12.8 Å². The van der Waals surface area contributed by atoms with Crippen molar-refractivity contribution in [2.45, 2.75) is 19.3 Å². The maximum Gasteiger partial charge on any atom is 0.222 e. The number of nitrogens with two attached hydrogens (primary N) is 2. The molecule has 0 aliphatic rings. The van der Waals surface area contributed by atoms with E-state index >= 15 is 0 Å². The van der Waals surface area contributed by atoms with E-state index in [1.165, 1.54) is 6.20 Å². The number of hydrogen-bond donors (Lipinski definition) is 2. The number of aromatic nitrogens is 2. The minimum absolute atomic E-state index is 0.129. The van der Waals surface area contributed by atoms with E-state index in [9.17, 15) is 0 Å². The smallest absolute Gasteiger partial charge is 0.222 e. The number of nitrogen functional groups attached to an aromatic ring is 2. The third-order valence-corrected chi connectivity index (χ3v) is 1.74. The van der Waals surface area contributed by atoms with Gasteiger partial charge in [0.25, 0.3) is 0 Å². The van der Waals surface area contributed by atoms with Crippen LogP contribution in [0, 0.1) is 11.3 Å². The van der Waals surface area contributed by atoms with Gasteiger partial charge in [-0.25, -0.2) is 4.98 Å². The number of ether oxygens (including phenoxy) is 1. The van der Waals surface area contributed by atoms with Crippen molar-refractivity contribution in [1.82, 2.24) is 9.97 Å². The fourth-order valence-electron chi connectivity index (χ4n) is 0.998. The van der Waals surface area contributed by atoms with Gasteiger partial charge >= 0.3 is 0 Å². The second kappa shape index (κ2) is 5.65. The van der Waals surface area contributed by atoms with Crippen LogP contribution in [0.3, 0.4) is 0 Å². The minimum atomic E-state index is 0.129. The van der Waals surface area contributed by atoms with Crippen LogP contribution in [0.5, 0.6) is 5.75 Å². The third kappa shape index (κ3) is 3.68. The molecule has 1 rings (SSSR count). The topological polar surface area (TPSA) is 111 Å². The van der Waals surface area contributed by atoms with Crippen LogP contribution in [-0.2, 0) is 0 Å². The number of nitriles is 1. The Hall–Kier alpha value is -2.03. The van der Waals surface area contributed by atoms with E-state index in [4.69, 9.17) is 21.5 Å². The van der Waals surface area contributed by atoms with Crippen LogP contribution in [0.2, 0.25) is 0 Å². The molecule has 1 aromatic heterocycles. The number of anilines is 2. The molecule has 0 unspecified atom stereocenters. The van der Waals surface area contributed by atoms with Crippen molar-refractivity contribution in [2.75, 3.05) is 18.1 Å². The molecule has 0 fully saturated rings.